The first-order valence-corrected chi connectivity index (χ1v) is 11.5. The summed E-state index contributed by atoms with van der Waals surface area (Å²) in [6.07, 6.45) is 3.47. The van der Waals surface area contributed by atoms with Crippen molar-refractivity contribution in [2.45, 2.75) is 30.4 Å². The van der Waals surface area contributed by atoms with Crippen LogP contribution in [0.15, 0.2) is 84.3 Å². The summed E-state index contributed by atoms with van der Waals surface area (Å²) in [6, 6.07) is 21.6. The Kier molecular flexibility index (Phi) is 7.36. The Morgan fingerprint density at radius 3 is 2.52 bits per heavy atom. The van der Waals surface area contributed by atoms with Crippen LogP contribution in [0.4, 0.5) is 0 Å². The minimum Gasteiger partial charge on any atom is -0.496 e. The summed E-state index contributed by atoms with van der Waals surface area (Å²) in [7, 11) is 1.62. The molecule has 1 N–H and O–H groups in total. The van der Waals surface area contributed by atoms with E-state index in [-0.39, 0.29) is 11.2 Å². The molecule has 0 aliphatic rings. The third-order valence-corrected chi connectivity index (χ3v) is 6.22. The summed E-state index contributed by atoms with van der Waals surface area (Å²) < 4.78 is 7.41. The van der Waals surface area contributed by atoms with Crippen molar-refractivity contribution in [2.75, 3.05) is 7.11 Å². The smallest absolute Gasteiger partial charge is 0.233 e. The van der Waals surface area contributed by atoms with E-state index in [2.05, 4.69) is 32.6 Å². The van der Waals surface area contributed by atoms with Crippen molar-refractivity contribution in [3.05, 3.63) is 90.3 Å². The number of rotatable bonds is 9. The first-order chi connectivity index (χ1) is 16.2. The van der Waals surface area contributed by atoms with Crippen molar-refractivity contribution in [1.82, 2.24) is 25.1 Å². The molecular formula is C25H25N5O2S. The Morgan fingerprint density at radius 2 is 1.76 bits per heavy atom. The van der Waals surface area contributed by atoms with E-state index in [1.807, 2.05) is 66.1 Å². The maximum Gasteiger partial charge on any atom is 0.233 e. The number of ether oxygens (including phenoxy) is 1. The van der Waals surface area contributed by atoms with Gasteiger partial charge in [-0.3, -0.25) is 14.3 Å². The average molecular weight is 460 g/mol. The molecule has 1 atom stereocenters. The van der Waals surface area contributed by atoms with Crippen LogP contribution in [0.2, 0.25) is 0 Å². The zero-order chi connectivity index (χ0) is 23.0. The summed E-state index contributed by atoms with van der Waals surface area (Å²) in [5.41, 5.74) is 2.98. The number of methoxy groups -OCH3 is 1. The molecule has 0 fully saturated rings. The number of nitrogens with one attached hydrogen (secondary N) is 1. The van der Waals surface area contributed by atoms with E-state index in [0.717, 1.165) is 28.3 Å². The van der Waals surface area contributed by atoms with Gasteiger partial charge in [-0.2, -0.15) is 0 Å². The predicted molar refractivity (Wildman–Crippen MR) is 129 cm³/mol. The van der Waals surface area contributed by atoms with Crippen molar-refractivity contribution in [2.24, 2.45) is 0 Å². The molecule has 1 unspecified atom stereocenters. The highest BCUT2D eigenvalue weighted by atomic mass is 32.2. The largest absolute Gasteiger partial charge is 0.496 e. The van der Waals surface area contributed by atoms with E-state index in [1.165, 1.54) is 11.8 Å². The number of thioether (sulfide) groups is 1. The van der Waals surface area contributed by atoms with E-state index < -0.39 is 0 Å². The lowest BCUT2D eigenvalue weighted by molar-refractivity contribution is -0.120. The molecule has 8 heteroatoms. The fourth-order valence-electron chi connectivity index (χ4n) is 3.39. The molecule has 0 saturated carbocycles. The van der Waals surface area contributed by atoms with Crippen LogP contribution in [-0.2, 0) is 17.9 Å². The van der Waals surface area contributed by atoms with Gasteiger partial charge in [0, 0.05) is 30.1 Å². The fourth-order valence-corrected chi connectivity index (χ4v) is 4.26. The zero-order valence-corrected chi connectivity index (χ0v) is 19.3. The monoisotopic (exact) mass is 459 g/mol. The lowest BCUT2D eigenvalue weighted by Gasteiger charge is -2.15. The highest BCUT2D eigenvalue weighted by Gasteiger charge is 2.21. The van der Waals surface area contributed by atoms with E-state index in [4.69, 9.17) is 4.74 Å². The first-order valence-electron chi connectivity index (χ1n) is 10.6. The maximum absolute atomic E-state index is 12.8. The molecule has 4 aromatic rings. The van der Waals surface area contributed by atoms with E-state index in [0.29, 0.717) is 18.2 Å². The molecule has 2 aromatic heterocycles. The molecular weight excluding hydrogens is 434 g/mol. The molecule has 0 saturated heterocycles. The third-order valence-electron chi connectivity index (χ3n) is 5.14. The molecule has 2 heterocycles. The van der Waals surface area contributed by atoms with Gasteiger partial charge in [-0.25, -0.2) is 0 Å². The molecule has 2 aromatic carbocycles. The second-order valence-electron chi connectivity index (χ2n) is 7.40. The molecule has 7 nitrogen and oxygen atoms in total. The van der Waals surface area contributed by atoms with Gasteiger partial charge in [0.05, 0.1) is 18.9 Å². The van der Waals surface area contributed by atoms with Crippen LogP contribution < -0.4 is 10.1 Å². The number of hydrogen-bond donors (Lipinski definition) is 1. The number of pyridine rings is 1. The van der Waals surface area contributed by atoms with Gasteiger partial charge >= 0.3 is 0 Å². The molecule has 0 aliphatic carbocycles. The van der Waals surface area contributed by atoms with Gasteiger partial charge in [0.25, 0.3) is 0 Å². The Balaban J connectivity index is 1.51. The molecule has 4 rings (SSSR count). The third kappa shape index (κ3) is 5.59. The lowest BCUT2D eigenvalue weighted by Crippen LogP contribution is -2.30. The summed E-state index contributed by atoms with van der Waals surface area (Å²) in [5, 5.41) is 12.2. The van der Waals surface area contributed by atoms with Crippen LogP contribution in [0.25, 0.3) is 11.4 Å². The van der Waals surface area contributed by atoms with Crippen molar-refractivity contribution in [1.29, 1.82) is 0 Å². The summed E-state index contributed by atoms with van der Waals surface area (Å²) in [4.78, 5) is 16.9. The second-order valence-corrected chi connectivity index (χ2v) is 8.71. The topological polar surface area (TPSA) is 81.9 Å². The normalized spacial score (nSPS) is 11.7. The van der Waals surface area contributed by atoms with Crippen molar-refractivity contribution < 1.29 is 9.53 Å². The summed E-state index contributed by atoms with van der Waals surface area (Å²) >= 11 is 1.39. The van der Waals surface area contributed by atoms with Gasteiger partial charge < -0.3 is 10.1 Å². The lowest BCUT2D eigenvalue weighted by atomic mass is 10.2. The quantitative estimate of drug-likeness (QED) is 0.378. The molecule has 0 radical (unpaired) electrons. The maximum atomic E-state index is 12.8. The van der Waals surface area contributed by atoms with Crippen molar-refractivity contribution >= 4 is 17.7 Å². The first kappa shape index (κ1) is 22.5. The molecule has 1 amide bonds. The standard InChI is InChI=1S/C25H25N5O2S/c1-18(24(31)27-16-21-10-6-7-11-22(21)32-2)33-25-29-28-23(20-12-14-26-15-13-20)30(25)17-19-8-4-3-5-9-19/h3-15,18H,16-17H2,1-2H3,(H,27,31). The van der Waals surface area contributed by atoms with Crippen LogP contribution >= 0.6 is 11.8 Å². The number of aromatic nitrogens is 4. The van der Waals surface area contributed by atoms with Gasteiger partial charge in [-0.05, 0) is 30.7 Å². The molecule has 0 aliphatic heterocycles. The number of hydrogen-bond acceptors (Lipinski definition) is 6. The van der Waals surface area contributed by atoms with Gasteiger partial charge in [0.1, 0.15) is 5.75 Å². The Hall–Kier alpha value is -3.65. The van der Waals surface area contributed by atoms with Crippen LogP contribution in [0.3, 0.4) is 0 Å². The highest BCUT2D eigenvalue weighted by molar-refractivity contribution is 8.00. The van der Waals surface area contributed by atoms with Crippen molar-refractivity contribution in [3.63, 3.8) is 0 Å². The molecule has 33 heavy (non-hydrogen) atoms. The molecule has 0 spiro atoms. The number of benzene rings is 2. The number of amides is 1. The van der Waals surface area contributed by atoms with Crippen LogP contribution in [0, 0.1) is 0 Å². The average Bonchev–Trinajstić information content (AvgIpc) is 3.25. The van der Waals surface area contributed by atoms with Gasteiger partial charge in [-0.15, -0.1) is 10.2 Å². The van der Waals surface area contributed by atoms with Crippen molar-refractivity contribution in [3.8, 4) is 17.1 Å². The van der Waals surface area contributed by atoms with Gasteiger partial charge in [0.2, 0.25) is 5.91 Å². The van der Waals surface area contributed by atoms with E-state index in [9.17, 15) is 4.79 Å². The van der Waals surface area contributed by atoms with Gasteiger partial charge in [-0.1, -0.05) is 60.3 Å². The Morgan fingerprint density at radius 1 is 1.03 bits per heavy atom. The van der Waals surface area contributed by atoms with Crippen LogP contribution in [-0.4, -0.2) is 38.0 Å². The zero-order valence-electron chi connectivity index (χ0n) is 18.5. The van der Waals surface area contributed by atoms with Crippen LogP contribution in [0.1, 0.15) is 18.1 Å². The molecule has 0 bridgehead atoms. The van der Waals surface area contributed by atoms with Crippen LogP contribution in [0.5, 0.6) is 5.75 Å². The predicted octanol–water partition coefficient (Wildman–Crippen LogP) is 4.19. The van der Waals surface area contributed by atoms with E-state index >= 15 is 0 Å². The number of carbonyl (C=O) groups is 1. The SMILES string of the molecule is COc1ccccc1CNC(=O)C(C)Sc1nnc(-c2ccncc2)n1Cc1ccccc1. The number of carbonyl (C=O) groups excluding carboxylic acids is 1. The van der Waals surface area contributed by atoms with E-state index in [1.54, 1.807) is 19.5 Å². The second kappa shape index (κ2) is 10.8. The van der Waals surface area contributed by atoms with Gasteiger partial charge in [0.15, 0.2) is 11.0 Å². The fraction of sp³-hybridized carbons (Fsp3) is 0.200. The minimum atomic E-state index is -0.358. The minimum absolute atomic E-state index is 0.0781. The number of nitrogens with zero attached hydrogens (tertiary/aromatic N) is 4. The Labute approximate surface area is 197 Å². The number of para-hydroxylation sites is 1. The Bertz CT molecular complexity index is 1200. The summed E-state index contributed by atoms with van der Waals surface area (Å²) in [6.45, 7) is 2.87. The molecule has 168 valence electrons. The highest BCUT2D eigenvalue weighted by Crippen LogP contribution is 2.28. The summed E-state index contributed by atoms with van der Waals surface area (Å²) in [5.74, 6) is 1.42.